The molecule has 0 bridgehead atoms. The van der Waals surface area contributed by atoms with E-state index >= 15 is 0 Å². The summed E-state index contributed by atoms with van der Waals surface area (Å²) in [4.78, 5) is 14.9. The van der Waals surface area contributed by atoms with E-state index in [1.165, 1.54) is 112 Å². The van der Waals surface area contributed by atoms with Crippen LogP contribution < -0.4 is 0 Å². The first-order valence-electron chi connectivity index (χ1n) is 15.8. The van der Waals surface area contributed by atoms with Crippen molar-refractivity contribution in [2.45, 2.75) is 97.3 Å². The number of hydrogen-bond donors (Lipinski definition) is 1. The molecule has 1 N–H and O–H groups in total. The number of ketones is 1. The van der Waals surface area contributed by atoms with Crippen LogP contribution in [0.25, 0.3) is 33.2 Å². The van der Waals surface area contributed by atoms with E-state index in [9.17, 15) is 4.79 Å². The Bertz CT molecular complexity index is 1500. The van der Waals surface area contributed by atoms with E-state index in [-0.39, 0.29) is 37.1 Å². The smallest absolute Gasteiger partial charge is 0.155 e. The minimum Gasteiger partial charge on any atom is -0.512 e. The molecule has 1 aromatic heterocycles. The van der Waals surface area contributed by atoms with Crippen LogP contribution in [-0.4, -0.2) is 15.9 Å². The number of allylic oxidation sites excluding steroid dienone is 2. The third-order valence-corrected chi connectivity index (χ3v) is 8.45. The molecule has 43 heavy (non-hydrogen) atoms. The van der Waals surface area contributed by atoms with Crippen molar-refractivity contribution in [2.75, 3.05) is 0 Å². The number of benzene rings is 3. The Morgan fingerprint density at radius 1 is 0.837 bits per heavy atom. The van der Waals surface area contributed by atoms with Crippen LogP contribution in [0, 0.1) is 6.07 Å². The molecular weight excluding hydrogens is 707 g/mol. The van der Waals surface area contributed by atoms with Gasteiger partial charge in [-0.1, -0.05) is 125 Å². The van der Waals surface area contributed by atoms with Crippen LogP contribution in [0.1, 0.15) is 103 Å². The molecule has 1 radical (unpaired) electrons. The van der Waals surface area contributed by atoms with Crippen molar-refractivity contribution < 1.29 is 30.0 Å². The van der Waals surface area contributed by atoms with Crippen LogP contribution >= 0.6 is 0 Å². The van der Waals surface area contributed by atoms with Crippen molar-refractivity contribution in [3.63, 3.8) is 0 Å². The summed E-state index contributed by atoms with van der Waals surface area (Å²) in [5.74, 6) is -0.0625. The van der Waals surface area contributed by atoms with Gasteiger partial charge < -0.3 is 10.1 Å². The maximum Gasteiger partial charge on any atom is 0.155 e. The molecule has 0 atom stereocenters. The number of aliphatic hydroxyl groups is 1. The van der Waals surface area contributed by atoms with Crippen LogP contribution in [0.3, 0.4) is 0 Å². The van der Waals surface area contributed by atoms with Gasteiger partial charge in [-0.05, 0) is 54.8 Å². The van der Waals surface area contributed by atoms with E-state index in [1.807, 2.05) is 6.20 Å². The van der Waals surface area contributed by atoms with Crippen molar-refractivity contribution in [3.05, 3.63) is 102 Å². The van der Waals surface area contributed by atoms with Gasteiger partial charge in [0.25, 0.3) is 0 Å². The Morgan fingerprint density at radius 2 is 1.49 bits per heavy atom. The number of pyridine rings is 1. The van der Waals surface area contributed by atoms with Crippen molar-refractivity contribution in [2.24, 2.45) is 0 Å². The Hall–Kier alpha value is -3.07. The summed E-state index contributed by atoms with van der Waals surface area (Å²) in [6.45, 7) is 7.46. The van der Waals surface area contributed by atoms with E-state index < -0.39 is 0 Å². The van der Waals surface area contributed by atoms with Gasteiger partial charge in [0.15, 0.2) is 5.78 Å². The summed E-state index contributed by atoms with van der Waals surface area (Å²) >= 11 is 0. The molecule has 0 saturated heterocycles. The molecule has 229 valence electrons. The fourth-order valence-electron chi connectivity index (χ4n) is 6.53. The van der Waals surface area contributed by atoms with Gasteiger partial charge in [0.1, 0.15) is 0 Å². The second kappa shape index (κ2) is 16.7. The zero-order chi connectivity index (χ0) is 30.0. The number of hydrogen-bond acceptors (Lipinski definition) is 3. The second-order valence-electron chi connectivity index (χ2n) is 11.7. The second-order valence-corrected chi connectivity index (χ2v) is 11.7. The molecule has 4 aromatic rings. The number of carbonyl (C=O) groups excluding carboxylic acids is 1. The maximum atomic E-state index is 10.0. The minimum absolute atomic E-state index is 0. The minimum atomic E-state index is -0.125. The Morgan fingerprint density at radius 3 is 2.12 bits per heavy atom. The Labute approximate surface area is 272 Å². The standard InChI is InChI=1S/C34H38N.C5H8O2.Ir/c1-3-5-7-13-22-34(23-14-8-6-4-2)31-18-12-11-17-29(31)30-20-19-27(25-32(30)34)33-28-16-10-9-15-26(28)21-24-35-33;1-4(6)3-5(2)7;/h9-12,15-18,20-21,24-25H,3-8,13-14,22-23H2,1-2H3;3,6H,1-2H3;/q-1;;/b;4-3-;. The molecular formula is C39H46IrNO2-. The zero-order valence-electron chi connectivity index (χ0n) is 26.2. The van der Waals surface area contributed by atoms with Gasteiger partial charge >= 0.3 is 0 Å². The third kappa shape index (κ3) is 8.31. The average molecular weight is 753 g/mol. The first-order valence-corrected chi connectivity index (χ1v) is 15.8. The van der Waals surface area contributed by atoms with E-state index in [1.54, 1.807) is 5.56 Å². The molecule has 1 aliphatic carbocycles. The fourth-order valence-corrected chi connectivity index (χ4v) is 6.53. The summed E-state index contributed by atoms with van der Waals surface area (Å²) in [5, 5.41) is 10.8. The number of rotatable bonds is 12. The summed E-state index contributed by atoms with van der Waals surface area (Å²) in [7, 11) is 0. The predicted octanol–water partition coefficient (Wildman–Crippen LogP) is 10.9. The first kappa shape index (κ1) is 34.4. The first-order chi connectivity index (χ1) is 20.4. The molecule has 1 heterocycles. The van der Waals surface area contributed by atoms with Crippen LogP contribution in [0.15, 0.2) is 84.8 Å². The number of nitrogens with zero attached hydrogens (tertiary/aromatic N) is 1. The van der Waals surface area contributed by atoms with Crippen LogP contribution in [0.5, 0.6) is 0 Å². The van der Waals surface area contributed by atoms with Crippen molar-refractivity contribution in [1.29, 1.82) is 0 Å². The molecule has 0 unspecified atom stereocenters. The Kier molecular flexibility index (Phi) is 13.4. The maximum absolute atomic E-state index is 10.0. The summed E-state index contributed by atoms with van der Waals surface area (Å²) in [6.07, 6.45) is 16.0. The zero-order valence-corrected chi connectivity index (χ0v) is 28.6. The monoisotopic (exact) mass is 753 g/mol. The van der Waals surface area contributed by atoms with E-state index in [2.05, 4.69) is 86.6 Å². The van der Waals surface area contributed by atoms with Gasteiger partial charge in [-0.2, -0.15) is 0 Å². The Balaban J connectivity index is 0.000000567. The topological polar surface area (TPSA) is 50.2 Å². The van der Waals surface area contributed by atoms with Gasteiger partial charge in [0.2, 0.25) is 0 Å². The molecule has 0 fully saturated rings. The quantitative estimate of drug-likeness (QED) is 0.0679. The summed E-state index contributed by atoms with van der Waals surface area (Å²) in [6, 6.07) is 28.2. The van der Waals surface area contributed by atoms with E-state index in [0.29, 0.717) is 0 Å². The van der Waals surface area contributed by atoms with Gasteiger partial charge in [-0.3, -0.25) is 4.79 Å². The fraction of sp³-hybridized carbons (Fsp3) is 0.385. The van der Waals surface area contributed by atoms with Crippen molar-refractivity contribution in [1.82, 2.24) is 4.98 Å². The summed E-state index contributed by atoms with van der Waals surface area (Å²) in [5.41, 5.74) is 8.13. The SMILES string of the molecule is CC(=O)/C=C(/C)O.CCCCCCC1(CCCCCC)c2ccccc2-c2c[c-]c(-c3nccc4ccccc34)cc21.[Ir]. The number of aliphatic hydroxyl groups excluding tert-OH is 1. The molecule has 0 aliphatic heterocycles. The normalized spacial score (nSPS) is 13.0. The molecule has 1 aliphatic rings. The number of fused-ring (bicyclic) bond motifs is 4. The predicted molar refractivity (Wildman–Crippen MR) is 177 cm³/mol. The average Bonchev–Trinajstić information content (AvgIpc) is 3.26. The number of unbranched alkanes of at least 4 members (excludes halogenated alkanes) is 6. The largest absolute Gasteiger partial charge is 0.512 e. The molecule has 0 saturated carbocycles. The van der Waals surface area contributed by atoms with Gasteiger partial charge in [-0.15, -0.1) is 29.3 Å². The number of carbonyl (C=O) groups is 1. The van der Waals surface area contributed by atoms with Crippen molar-refractivity contribution in [3.8, 4) is 22.4 Å². The molecule has 0 amide bonds. The van der Waals surface area contributed by atoms with Crippen molar-refractivity contribution >= 4 is 16.6 Å². The molecule has 4 heteroatoms. The molecule has 3 nitrogen and oxygen atoms in total. The van der Waals surface area contributed by atoms with Crippen LogP contribution in [0.2, 0.25) is 0 Å². The van der Waals surface area contributed by atoms with Gasteiger partial charge in [0, 0.05) is 37.8 Å². The molecule has 5 rings (SSSR count). The molecule has 3 aromatic carbocycles. The van der Waals surface area contributed by atoms with Gasteiger partial charge in [-0.25, -0.2) is 0 Å². The van der Waals surface area contributed by atoms with Crippen LogP contribution in [0.4, 0.5) is 0 Å². The van der Waals surface area contributed by atoms with E-state index in [0.717, 1.165) is 11.3 Å². The van der Waals surface area contributed by atoms with Gasteiger partial charge in [0.05, 0.1) is 5.76 Å². The summed E-state index contributed by atoms with van der Waals surface area (Å²) < 4.78 is 0. The van der Waals surface area contributed by atoms with Crippen LogP contribution in [-0.2, 0) is 30.3 Å². The third-order valence-electron chi connectivity index (χ3n) is 8.45. The number of aromatic nitrogens is 1. The molecule has 0 spiro atoms. The van der Waals surface area contributed by atoms with E-state index in [4.69, 9.17) is 10.1 Å².